The van der Waals surface area contributed by atoms with E-state index in [1.54, 1.807) is 16.8 Å². The normalized spacial score (nSPS) is 12.4. The minimum atomic E-state index is -4.65. The summed E-state index contributed by atoms with van der Waals surface area (Å²) in [6.07, 6.45) is 0.892. The number of carbonyl (C=O) groups is 3. The summed E-state index contributed by atoms with van der Waals surface area (Å²) in [5, 5.41) is 10.3. The molecule has 17 nitrogen and oxygen atoms in total. The number of carbonyl (C=O) groups excluding carboxylic acids is 3. The second kappa shape index (κ2) is 23.1. The fourth-order valence-corrected chi connectivity index (χ4v) is 6.79. The van der Waals surface area contributed by atoms with Crippen molar-refractivity contribution in [2.75, 3.05) is 71.1 Å². The predicted molar refractivity (Wildman–Crippen MR) is 194 cm³/mol. The fourth-order valence-electron chi connectivity index (χ4n) is 4.78. The number of hydrogen-bond donors (Lipinski definition) is 2. The van der Waals surface area contributed by atoms with Crippen LogP contribution in [0.3, 0.4) is 0 Å². The van der Waals surface area contributed by atoms with Gasteiger partial charge < -0.3 is 29.0 Å². The summed E-state index contributed by atoms with van der Waals surface area (Å²) >= 11 is 0. The molecule has 1 atom stereocenters. The number of ether oxygens (including phenoxy) is 5. The molecule has 19 heteroatoms. The molecule has 298 valence electrons. The quantitative estimate of drug-likeness (QED) is 0.0464. The lowest BCUT2D eigenvalue weighted by Crippen LogP contribution is -2.37. The summed E-state index contributed by atoms with van der Waals surface area (Å²) in [6.45, 7) is 7.04. The third-order valence-electron chi connectivity index (χ3n) is 7.70. The van der Waals surface area contributed by atoms with Crippen molar-refractivity contribution in [1.82, 2.24) is 20.3 Å². The first-order valence-electron chi connectivity index (χ1n) is 17.2. The zero-order chi connectivity index (χ0) is 39.4. The molecular formula is C35H48N4O13S2. The van der Waals surface area contributed by atoms with Crippen molar-refractivity contribution >= 4 is 37.4 Å². The zero-order valence-electron chi connectivity index (χ0n) is 30.4. The highest BCUT2D eigenvalue weighted by Crippen LogP contribution is 2.18. The molecule has 0 aliphatic carbocycles. The van der Waals surface area contributed by atoms with Gasteiger partial charge in [-0.3, -0.25) is 23.6 Å². The highest BCUT2D eigenvalue weighted by molar-refractivity contribution is 7.91. The Balaban J connectivity index is 1.30. The third kappa shape index (κ3) is 17.0. The average Bonchev–Trinajstić information content (AvgIpc) is 3.61. The summed E-state index contributed by atoms with van der Waals surface area (Å²) in [7, 11) is -8.37. The summed E-state index contributed by atoms with van der Waals surface area (Å²) in [4.78, 5) is 38.8. The topological polar surface area (TPSA) is 229 Å². The standard InChI is InChI=1S/C35H48N4O13S2/c1-3-39-23-31(37-38-39)24-51-18-16-49-14-12-48-13-15-50-17-19-52-26-36-35(42)30(25-54(45,46)47)22-34(41)29-6-4-5-28(21-29)33(40)11-20-53(43,44)32-9-7-27(2)8-10-32/h4-10,21,23,30H,3,11-20,22,24-26H2,1-2H3,(H,36,42)(H,45,46,47)/t30-/m0/s1. The van der Waals surface area contributed by atoms with Crippen LogP contribution in [0.2, 0.25) is 0 Å². The number of sulfone groups is 1. The Bertz CT molecular complexity index is 1850. The number of nitrogens with zero attached hydrogens (tertiary/aromatic N) is 3. The van der Waals surface area contributed by atoms with E-state index in [4.69, 9.17) is 23.7 Å². The zero-order valence-corrected chi connectivity index (χ0v) is 32.0. The molecule has 0 aliphatic heterocycles. The van der Waals surface area contributed by atoms with Gasteiger partial charge in [0.05, 0.1) is 88.0 Å². The molecule has 1 heterocycles. The Hall–Kier alpha value is -3.95. The van der Waals surface area contributed by atoms with Crippen LogP contribution in [-0.4, -0.2) is 125 Å². The van der Waals surface area contributed by atoms with Crippen LogP contribution in [0.15, 0.2) is 59.6 Å². The van der Waals surface area contributed by atoms with Gasteiger partial charge in [0.2, 0.25) is 5.91 Å². The van der Waals surface area contributed by atoms with Gasteiger partial charge in [-0.15, -0.1) is 5.10 Å². The number of aromatic nitrogens is 3. The van der Waals surface area contributed by atoms with Crippen LogP contribution in [0, 0.1) is 12.8 Å². The van der Waals surface area contributed by atoms with Crippen molar-refractivity contribution in [3.05, 3.63) is 77.1 Å². The maximum Gasteiger partial charge on any atom is 0.265 e. The molecule has 3 aromatic rings. The molecule has 0 saturated heterocycles. The molecule has 3 rings (SSSR count). The van der Waals surface area contributed by atoms with Gasteiger partial charge in [-0.1, -0.05) is 41.1 Å². The molecule has 2 N–H and O–H groups in total. The van der Waals surface area contributed by atoms with Crippen molar-refractivity contribution in [3.63, 3.8) is 0 Å². The van der Waals surface area contributed by atoms with Crippen LogP contribution >= 0.6 is 0 Å². The van der Waals surface area contributed by atoms with Gasteiger partial charge in [-0.05, 0) is 32.0 Å². The predicted octanol–water partition coefficient (Wildman–Crippen LogP) is 2.09. The number of aryl methyl sites for hydroxylation is 2. The lowest BCUT2D eigenvalue weighted by Gasteiger charge is -2.15. The molecule has 54 heavy (non-hydrogen) atoms. The van der Waals surface area contributed by atoms with Crippen molar-refractivity contribution in [2.45, 2.75) is 44.7 Å². The van der Waals surface area contributed by atoms with Gasteiger partial charge >= 0.3 is 0 Å². The first kappa shape index (κ1) is 44.4. The van der Waals surface area contributed by atoms with Gasteiger partial charge in [0, 0.05) is 30.5 Å². The van der Waals surface area contributed by atoms with Gasteiger partial charge in [0.1, 0.15) is 12.4 Å². The monoisotopic (exact) mass is 796 g/mol. The number of rotatable bonds is 28. The molecule has 0 bridgehead atoms. The summed E-state index contributed by atoms with van der Waals surface area (Å²) in [5.41, 5.74) is 1.73. The molecular weight excluding hydrogens is 749 g/mol. The van der Waals surface area contributed by atoms with Crippen LogP contribution in [0.4, 0.5) is 0 Å². The van der Waals surface area contributed by atoms with Crippen molar-refractivity contribution < 1.29 is 59.5 Å². The molecule has 0 unspecified atom stereocenters. The van der Waals surface area contributed by atoms with Crippen molar-refractivity contribution in [3.8, 4) is 0 Å². The second-order valence-electron chi connectivity index (χ2n) is 12.0. The van der Waals surface area contributed by atoms with E-state index in [-0.39, 0.29) is 49.0 Å². The lowest BCUT2D eigenvalue weighted by atomic mass is 9.96. The molecule has 2 aromatic carbocycles. The lowest BCUT2D eigenvalue weighted by molar-refractivity contribution is -0.126. The van der Waals surface area contributed by atoms with Crippen LogP contribution in [-0.2, 0) is 61.6 Å². The maximum atomic E-state index is 13.1. The molecule has 1 aromatic heterocycles. The van der Waals surface area contributed by atoms with Crippen molar-refractivity contribution in [2.24, 2.45) is 5.92 Å². The van der Waals surface area contributed by atoms with Crippen LogP contribution in [0.25, 0.3) is 0 Å². The molecule has 0 saturated carbocycles. The Morgan fingerprint density at radius 3 is 1.96 bits per heavy atom. The number of ketones is 2. The van der Waals surface area contributed by atoms with E-state index >= 15 is 0 Å². The molecule has 0 aliphatic rings. The number of Topliss-reactive ketones (excluding diaryl/α,β-unsaturated/α-hetero) is 2. The number of hydrogen-bond acceptors (Lipinski definition) is 14. The fraction of sp³-hybridized carbons (Fsp3) is 0.514. The Morgan fingerprint density at radius 2 is 1.39 bits per heavy atom. The Labute approximate surface area is 315 Å². The van der Waals surface area contributed by atoms with E-state index in [2.05, 4.69) is 15.6 Å². The largest absolute Gasteiger partial charge is 0.377 e. The van der Waals surface area contributed by atoms with Crippen LogP contribution in [0.5, 0.6) is 0 Å². The van der Waals surface area contributed by atoms with E-state index in [1.807, 2.05) is 20.0 Å². The smallest absolute Gasteiger partial charge is 0.265 e. The Kier molecular flexibility index (Phi) is 19.0. The van der Waals surface area contributed by atoms with Gasteiger partial charge in [0.25, 0.3) is 10.1 Å². The molecule has 0 fully saturated rings. The molecule has 0 radical (unpaired) electrons. The van der Waals surface area contributed by atoms with Crippen LogP contribution in [0.1, 0.15) is 51.7 Å². The summed E-state index contributed by atoms with van der Waals surface area (Å²) in [6, 6.07) is 11.7. The van der Waals surface area contributed by atoms with Gasteiger partial charge in [0.15, 0.2) is 21.4 Å². The van der Waals surface area contributed by atoms with Gasteiger partial charge in [-0.2, -0.15) is 8.42 Å². The SMILES string of the molecule is CCn1cc(COCCOCCOCCOCCOCNC(=O)[C@@H](CC(=O)c2cccc(C(=O)CCS(=O)(=O)c3ccc(C)cc3)c2)CS(=O)(=O)O)nn1. The second-order valence-corrected chi connectivity index (χ2v) is 15.6. The van der Waals surface area contributed by atoms with E-state index in [9.17, 15) is 35.8 Å². The Morgan fingerprint density at radius 1 is 0.815 bits per heavy atom. The highest BCUT2D eigenvalue weighted by Gasteiger charge is 2.28. The summed E-state index contributed by atoms with van der Waals surface area (Å²) < 4.78 is 86.8. The van der Waals surface area contributed by atoms with E-state index < -0.39 is 61.3 Å². The van der Waals surface area contributed by atoms with Crippen molar-refractivity contribution in [1.29, 1.82) is 0 Å². The van der Waals surface area contributed by atoms with E-state index in [0.717, 1.165) is 17.8 Å². The average molecular weight is 797 g/mol. The minimum absolute atomic E-state index is 0.0100. The number of benzene rings is 2. The molecule has 0 spiro atoms. The number of amides is 1. The highest BCUT2D eigenvalue weighted by atomic mass is 32.2. The van der Waals surface area contributed by atoms with Gasteiger partial charge in [-0.25, -0.2) is 8.42 Å². The van der Waals surface area contributed by atoms with E-state index in [0.29, 0.717) is 39.6 Å². The first-order valence-corrected chi connectivity index (χ1v) is 20.5. The minimum Gasteiger partial charge on any atom is -0.377 e. The first-order chi connectivity index (χ1) is 25.8. The van der Waals surface area contributed by atoms with E-state index in [1.165, 1.54) is 36.4 Å². The maximum absolute atomic E-state index is 13.1. The van der Waals surface area contributed by atoms with Crippen LogP contribution < -0.4 is 5.32 Å². The third-order valence-corrected chi connectivity index (χ3v) is 10.3. The molecule has 1 amide bonds. The number of nitrogens with one attached hydrogen (secondary N) is 1. The summed E-state index contributed by atoms with van der Waals surface area (Å²) in [5.74, 6) is -4.95.